The first kappa shape index (κ1) is 24.6. The molecule has 32 heavy (non-hydrogen) atoms. The second-order valence-electron chi connectivity index (χ2n) is 6.46. The quantitative estimate of drug-likeness (QED) is 0.369. The fraction of sp³-hybridized carbons (Fsp3) is 0.381. The molecule has 9 nitrogen and oxygen atoms in total. The van der Waals surface area contributed by atoms with Crippen molar-refractivity contribution in [3.8, 4) is 23.0 Å². The van der Waals surface area contributed by atoms with E-state index in [2.05, 4.69) is 4.74 Å². The first-order valence-corrected chi connectivity index (χ1v) is 9.66. The molecular formula is C21H24F2N2O7. The van der Waals surface area contributed by atoms with Gasteiger partial charge in [-0.25, -0.2) is 0 Å². The third kappa shape index (κ3) is 5.96. The Morgan fingerprint density at radius 3 is 2.22 bits per heavy atom. The van der Waals surface area contributed by atoms with E-state index in [9.17, 15) is 23.7 Å². The molecule has 1 amide bonds. The molecule has 0 aliphatic carbocycles. The minimum absolute atomic E-state index is 0.0288. The molecule has 2 rings (SSSR count). The number of nitrogens with zero attached hydrogens (tertiary/aromatic N) is 2. The van der Waals surface area contributed by atoms with E-state index in [0.717, 1.165) is 6.07 Å². The summed E-state index contributed by atoms with van der Waals surface area (Å²) in [6.45, 7) is 0.917. The van der Waals surface area contributed by atoms with Crippen LogP contribution < -0.4 is 18.9 Å². The standard InChI is InChI=1S/C21H24F2N2O7/c1-5-30-18-9-13(7-8-16(18)32-21(22)23)12-24(3)20(26)14-10-19(31-6-2)17(29-4)11-15(14)25(27)28/h7-11,21H,5-6,12H2,1-4H3. The Kier molecular flexibility index (Phi) is 8.56. The zero-order valence-electron chi connectivity index (χ0n) is 18.1. The van der Waals surface area contributed by atoms with Crippen LogP contribution in [-0.4, -0.2) is 49.7 Å². The van der Waals surface area contributed by atoms with Crippen LogP contribution in [0.25, 0.3) is 0 Å². The molecule has 0 fully saturated rings. The van der Waals surface area contributed by atoms with E-state index in [1.807, 2.05) is 0 Å². The van der Waals surface area contributed by atoms with Crippen molar-refractivity contribution in [2.24, 2.45) is 0 Å². The minimum atomic E-state index is -3.01. The Balaban J connectivity index is 2.35. The summed E-state index contributed by atoms with van der Waals surface area (Å²) in [5.74, 6) is -0.337. The van der Waals surface area contributed by atoms with Crippen LogP contribution in [-0.2, 0) is 6.54 Å². The molecule has 0 atom stereocenters. The first-order valence-electron chi connectivity index (χ1n) is 9.66. The Hall–Kier alpha value is -3.63. The van der Waals surface area contributed by atoms with Crippen LogP contribution in [0.3, 0.4) is 0 Å². The van der Waals surface area contributed by atoms with E-state index in [4.69, 9.17) is 14.2 Å². The van der Waals surface area contributed by atoms with Gasteiger partial charge in [0.15, 0.2) is 23.0 Å². The summed E-state index contributed by atoms with van der Waals surface area (Å²) in [6.07, 6.45) is 0. The van der Waals surface area contributed by atoms with Crippen molar-refractivity contribution in [1.29, 1.82) is 0 Å². The highest BCUT2D eigenvalue weighted by Crippen LogP contribution is 2.36. The SMILES string of the molecule is CCOc1cc(C(=O)N(C)Cc2ccc(OC(F)F)c(OCC)c2)c([N+](=O)[O-])cc1OC. The number of hydrogen-bond donors (Lipinski definition) is 0. The van der Waals surface area contributed by atoms with Crippen LogP contribution in [0.4, 0.5) is 14.5 Å². The van der Waals surface area contributed by atoms with Gasteiger partial charge in [0.05, 0.1) is 31.3 Å². The van der Waals surface area contributed by atoms with Crippen molar-refractivity contribution in [2.45, 2.75) is 27.0 Å². The largest absolute Gasteiger partial charge is 0.493 e. The summed E-state index contributed by atoms with van der Waals surface area (Å²) >= 11 is 0. The molecule has 0 spiro atoms. The fourth-order valence-electron chi connectivity index (χ4n) is 2.96. The van der Waals surface area contributed by atoms with Gasteiger partial charge in [-0.15, -0.1) is 0 Å². The van der Waals surface area contributed by atoms with E-state index in [1.165, 1.54) is 43.3 Å². The summed E-state index contributed by atoms with van der Waals surface area (Å²) in [5, 5.41) is 11.5. The van der Waals surface area contributed by atoms with Crippen LogP contribution >= 0.6 is 0 Å². The lowest BCUT2D eigenvalue weighted by molar-refractivity contribution is -0.385. The van der Waals surface area contributed by atoms with Gasteiger partial charge in [0, 0.05) is 19.7 Å². The molecule has 11 heteroatoms. The number of rotatable bonds is 11. The number of alkyl halides is 2. The molecule has 174 valence electrons. The van der Waals surface area contributed by atoms with Gasteiger partial charge in [0.25, 0.3) is 11.6 Å². The van der Waals surface area contributed by atoms with Crippen LogP contribution in [0.5, 0.6) is 23.0 Å². The average molecular weight is 454 g/mol. The van der Waals surface area contributed by atoms with Crippen molar-refractivity contribution in [2.75, 3.05) is 27.4 Å². The lowest BCUT2D eigenvalue weighted by Crippen LogP contribution is -2.27. The smallest absolute Gasteiger partial charge is 0.387 e. The second kappa shape index (κ2) is 11.1. The van der Waals surface area contributed by atoms with Gasteiger partial charge in [-0.1, -0.05) is 6.07 Å². The van der Waals surface area contributed by atoms with E-state index in [-0.39, 0.29) is 48.3 Å². The Morgan fingerprint density at radius 2 is 1.69 bits per heavy atom. The van der Waals surface area contributed by atoms with E-state index in [1.54, 1.807) is 13.8 Å². The molecule has 0 heterocycles. The fourth-order valence-corrected chi connectivity index (χ4v) is 2.96. The van der Waals surface area contributed by atoms with Crippen molar-refractivity contribution >= 4 is 11.6 Å². The predicted octanol–water partition coefficient (Wildman–Crippen LogP) is 4.27. The molecule has 0 saturated carbocycles. The van der Waals surface area contributed by atoms with Gasteiger partial charge >= 0.3 is 6.61 Å². The zero-order chi connectivity index (χ0) is 23.8. The predicted molar refractivity (Wildman–Crippen MR) is 111 cm³/mol. The molecule has 0 aliphatic rings. The number of carbonyl (C=O) groups is 1. The molecule has 2 aromatic carbocycles. The molecule has 0 N–H and O–H groups in total. The Labute approximate surface area is 183 Å². The third-order valence-corrected chi connectivity index (χ3v) is 4.30. The number of nitro benzene ring substituents is 1. The van der Waals surface area contributed by atoms with Gasteiger partial charge in [-0.3, -0.25) is 14.9 Å². The molecule has 0 unspecified atom stereocenters. The molecule has 0 radical (unpaired) electrons. The lowest BCUT2D eigenvalue weighted by Gasteiger charge is -2.20. The maximum absolute atomic E-state index is 13.0. The Bertz CT molecular complexity index is 969. The minimum Gasteiger partial charge on any atom is -0.493 e. The number of hydrogen-bond acceptors (Lipinski definition) is 7. The van der Waals surface area contributed by atoms with Gasteiger partial charge in [-0.2, -0.15) is 8.78 Å². The van der Waals surface area contributed by atoms with E-state index >= 15 is 0 Å². The monoisotopic (exact) mass is 454 g/mol. The maximum atomic E-state index is 13.0. The Morgan fingerprint density at radius 1 is 1.06 bits per heavy atom. The number of amides is 1. The van der Waals surface area contributed by atoms with Gasteiger partial charge < -0.3 is 23.8 Å². The molecule has 0 aromatic heterocycles. The number of halogens is 2. The molecule has 2 aromatic rings. The summed E-state index contributed by atoms with van der Waals surface area (Å²) in [7, 11) is 2.80. The van der Waals surface area contributed by atoms with Crippen LogP contribution in [0.1, 0.15) is 29.8 Å². The van der Waals surface area contributed by atoms with E-state index in [0.29, 0.717) is 5.56 Å². The second-order valence-corrected chi connectivity index (χ2v) is 6.46. The summed E-state index contributed by atoms with van der Waals surface area (Å²) in [5.41, 5.74) is -0.0608. The van der Waals surface area contributed by atoms with Crippen molar-refractivity contribution < 1.29 is 37.4 Å². The van der Waals surface area contributed by atoms with Gasteiger partial charge in [-0.05, 0) is 31.5 Å². The average Bonchev–Trinajstić information content (AvgIpc) is 2.74. The molecule has 0 bridgehead atoms. The summed E-state index contributed by atoms with van der Waals surface area (Å²) in [4.78, 5) is 25.1. The van der Waals surface area contributed by atoms with Gasteiger partial charge in [0.2, 0.25) is 0 Å². The maximum Gasteiger partial charge on any atom is 0.387 e. The van der Waals surface area contributed by atoms with Crippen LogP contribution in [0.15, 0.2) is 30.3 Å². The number of nitro groups is 1. The van der Waals surface area contributed by atoms with Crippen molar-refractivity contribution in [3.63, 3.8) is 0 Å². The highest BCUT2D eigenvalue weighted by Gasteiger charge is 2.27. The molecule has 0 aliphatic heterocycles. The zero-order valence-corrected chi connectivity index (χ0v) is 18.1. The highest BCUT2D eigenvalue weighted by molar-refractivity contribution is 5.99. The normalized spacial score (nSPS) is 10.6. The molecular weight excluding hydrogens is 430 g/mol. The van der Waals surface area contributed by atoms with E-state index < -0.39 is 23.1 Å². The van der Waals surface area contributed by atoms with Gasteiger partial charge in [0.1, 0.15) is 5.56 Å². The highest BCUT2D eigenvalue weighted by atomic mass is 19.3. The summed E-state index contributed by atoms with van der Waals surface area (Å²) in [6, 6.07) is 6.69. The summed E-state index contributed by atoms with van der Waals surface area (Å²) < 4.78 is 45.5. The number of ether oxygens (including phenoxy) is 4. The van der Waals surface area contributed by atoms with Crippen molar-refractivity contribution in [1.82, 2.24) is 4.90 Å². The number of methoxy groups -OCH3 is 1. The lowest BCUT2D eigenvalue weighted by atomic mass is 10.1. The van der Waals surface area contributed by atoms with Crippen LogP contribution in [0.2, 0.25) is 0 Å². The van der Waals surface area contributed by atoms with Crippen LogP contribution in [0, 0.1) is 10.1 Å². The topological polar surface area (TPSA) is 100 Å². The molecule has 0 saturated heterocycles. The first-order chi connectivity index (χ1) is 15.2. The van der Waals surface area contributed by atoms with Crippen molar-refractivity contribution in [3.05, 3.63) is 51.6 Å². The number of carbonyl (C=O) groups excluding carboxylic acids is 1. The number of benzene rings is 2. The third-order valence-electron chi connectivity index (χ3n) is 4.30.